The van der Waals surface area contributed by atoms with Gasteiger partial charge >= 0.3 is 5.97 Å². The lowest BCUT2D eigenvalue weighted by Crippen LogP contribution is -2.57. The van der Waals surface area contributed by atoms with Gasteiger partial charge in [0.15, 0.2) is 0 Å². The van der Waals surface area contributed by atoms with Gasteiger partial charge in [0, 0.05) is 0 Å². The van der Waals surface area contributed by atoms with Crippen LogP contribution in [0.2, 0.25) is 0 Å². The van der Waals surface area contributed by atoms with E-state index < -0.39 is 41.8 Å². The number of amides is 3. The van der Waals surface area contributed by atoms with Crippen LogP contribution in [0.25, 0.3) is 0 Å². The van der Waals surface area contributed by atoms with Gasteiger partial charge in [-0.2, -0.15) is 0 Å². The summed E-state index contributed by atoms with van der Waals surface area (Å²) >= 11 is 0. The maximum atomic E-state index is 12.7. The smallest absolute Gasteiger partial charge is 0.326 e. The number of carboxylic acid groups (broad SMARTS) is 1. The number of nitrogens with two attached hydrogens (primary N) is 3. The molecule has 10 N–H and O–H groups in total. The molecule has 0 aliphatic heterocycles. The molecule has 0 aliphatic rings. The van der Waals surface area contributed by atoms with Gasteiger partial charge in [0.1, 0.15) is 18.1 Å². The predicted molar refractivity (Wildman–Crippen MR) is 113 cm³/mol. The van der Waals surface area contributed by atoms with Gasteiger partial charge in [-0.25, -0.2) is 4.79 Å². The minimum Gasteiger partial charge on any atom is -0.480 e. The van der Waals surface area contributed by atoms with Gasteiger partial charge in [-0.05, 0) is 57.5 Å². The van der Waals surface area contributed by atoms with Gasteiger partial charge in [-0.15, -0.1) is 0 Å². The number of nitrogens with one attached hydrogen (secondary N) is 3. The van der Waals surface area contributed by atoms with Gasteiger partial charge in [0.25, 0.3) is 0 Å². The van der Waals surface area contributed by atoms with E-state index >= 15 is 0 Å². The first kappa shape index (κ1) is 27.8. The maximum Gasteiger partial charge on any atom is 0.326 e. The van der Waals surface area contributed by atoms with Crippen molar-refractivity contribution in [3.8, 4) is 0 Å². The van der Waals surface area contributed by atoms with E-state index in [4.69, 9.17) is 17.2 Å². The molecule has 0 saturated carbocycles. The average Bonchev–Trinajstić information content (AvgIpc) is 2.69. The average molecular weight is 431 g/mol. The van der Waals surface area contributed by atoms with E-state index in [0.717, 1.165) is 0 Å². The summed E-state index contributed by atoms with van der Waals surface area (Å²) in [5, 5.41) is 17.0. The molecular formula is C19H38N6O5. The molecule has 174 valence electrons. The molecule has 0 aliphatic carbocycles. The predicted octanol–water partition coefficient (Wildman–Crippen LogP) is -1.60. The zero-order valence-corrected chi connectivity index (χ0v) is 18.0. The second-order valence-electron chi connectivity index (χ2n) is 7.52. The lowest BCUT2D eigenvalue weighted by Gasteiger charge is -2.26. The number of rotatable bonds is 16. The van der Waals surface area contributed by atoms with Crippen LogP contribution in [0, 0.1) is 5.92 Å². The number of hydrogen-bond acceptors (Lipinski definition) is 7. The highest BCUT2D eigenvalue weighted by Crippen LogP contribution is 2.08. The van der Waals surface area contributed by atoms with Gasteiger partial charge in [0.2, 0.25) is 17.7 Å². The van der Waals surface area contributed by atoms with Crippen molar-refractivity contribution in [1.29, 1.82) is 0 Å². The summed E-state index contributed by atoms with van der Waals surface area (Å²) in [5.41, 5.74) is 16.2. The van der Waals surface area contributed by atoms with Crippen LogP contribution in [0.15, 0.2) is 0 Å². The Labute approximate surface area is 177 Å². The molecule has 11 nitrogen and oxygen atoms in total. The summed E-state index contributed by atoms with van der Waals surface area (Å²) < 4.78 is 0. The van der Waals surface area contributed by atoms with Crippen molar-refractivity contribution in [3.05, 3.63) is 0 Å². The molecule has 3 amide bonds. The Morgan fingerprint density at radius 2 is 1.27 bits per heavy atom. The minimum atomic E-state index is -1.15. The molecule has 3 unspecified atom stereocenters. The Morgan fingerprint density at radius 3 is 1.70 bits per heavy atom. The maximum absolute atomic E-state index is 12.7. The van der Waals surface area contributed by atoms with Crippen LogP contribution in [-0.2, 0) is 19.2 Å². The molecule has 30 heavy (non-hydrogen) atoms. The van der Waals surface area contributed by atoms with Crippen molar-refractivity contribution in [2.45, 2.75) is 70.5 Å². The summed E-state index contributed by atoms with van der Waals surface area (Å²) in [4.78, 5) is 48.6. The van der Waals surface area contributed by atoms with Crippen molar-refractivity contribution < 1.29 is 24.3 Å². The van der Waals surface area contributed by atoms with E-state index in [9.17, 15) is 24.3 Å². The van der Waals surface area contributed by atoms with E-state index in [0.29, 0.717) is 45.2 Å². The molecule has 11 heteroatoms. The van der Waals surface area contributed by atoms with Gasteiger partial charge in [-0.3, -0.25) is 14.4 Å². The second kappa shape index (κ2) is 15.6. The fraction of sp³-hybridized carbons (Fsp3) is 0.789. The van der Waals surface area contributed by atoms with Gasteiger partial charge in [-0.1, -0.05) is 13.8 Å². The Kier molecular flexibility index (Phi) is 14.4. The van der Waals surface area contributed by atoms with Crippen LogP contribution < -0.4 is 33.2 Å². The quantitative estimate of drug-likeness (QED) is 0.142. The third-order valence-electron chi connectivity index (χ3n) is 4.59. The number of aliphatic carboxylic acids is 1. The molecule has 0 bridgehead atoms. The van der Waals surface area contributed by atoms with Crippen LogP contribution >= 0.6 is 0 Å². The largest absolute Gasteiger partial charge is 0.480 e. The summed E-state index contributed by atoms with van der Waals surface area (Å²) in [6.07, 6.45) is 2.95. The number of unbranched alkanes of at least 4 members (excludes halogenated alkanes) is 2. The van der Waals surface area contributed by atoms with Crippen molar-refractivity contribution in [3.63, 3.8) is 0 Å². The summed E-state index contributed by atoms with van der Waals surface area (Å²) in [5.74, 6) is -3.00. The van der Waals surface area contributed by atoms with Crippen molar-refractivity contribution in [2.24, 2.45) is 23.1 Å². The monoisotopic (exact) mass is 430 g/mol. The zero-order chi connectivity index (χ0) is 23.1. The fourth-order valence-electron chi connectivity index (χ4n) is 2.81. The van der Waals surface area contributed by atoms with Crippen LogP contribution in [-0.4, -0.2) is 66.6 Å². The summed E-state index contributed by atoms with van der Waals surface area (Å²) in [7, 11) is 0. The van der Waals surface area contributed by atoms with Gasteiger partial charge in [0.05, 0.1) is 6.54 Å². The molecule has 0 heterocycles. The van der Waals surface area contributed by atoms with Crippen molar-refractivity contribution in [2.75, 3.05) is 19.6 Å². The zero-order valence-electron chi connectivity index (χ0n) is 18.0. The first-order valence-corrected chi connectivity index (χ1v) is 10.4. The Balaban J connectivity index is 5.25. The molecule has 0 spiro atoms. The topological polar surface area (TPSA) is 203 Å². The van der Waals surface area contributed by atoms with Crippen LogP contribution in [0.4, 0.5) is 0 Å². The highest BCUT2D eigenvalue weighted by atomic mass is 16.4. The van der Waals surface area contributed by atoms with E-state index in [1.807, 2.05) is 0 Å². The lowest BCUT2D eigenvalue weighted by atomic mass is 10.0. The number of carbonyl (C=O) groups excluding carboxylic acids is 3. The summed E-state index contributed by atoms with van der Waals surface area (Å²) in [6.45, 7) is 4.11. The number of carboxylic acids is 1. The van der Waals surface area contributed by atoms with Crippen LogP contribution in [0.5, 0.6) is 0 Å². The highest BCUT2D eigenvalue weighted by Gasteiger charge is 2.30. The number of carbonyl (C=O) groups is 4. The molecule has 0 aromatic heterocycles. The third-order valence-corrected chi connectivity index (χ3v) is 4.59. The van der Waals surface area contributed by atoms with E-state index in [1.54, 1.807) is 13.8 Å². The highest BCUT2D eigenvalue weighted by molar-refractivity contribution is 5.93. The van der Waals surface area contributed by atoms with Crippen LogP contribution in [0.1, 0.15) is 52.4 Å². The first-order chi connectivity index (χ1) is 14.2. The first-order valence-electron chi connectivity index (χ1n) is 10.4. The molecule has 0 rings (SSSR count). The van der Waals surface area contributed by atoms with E-state index in [-0.39, 0.29) is 18.9 Å². The molecule has 3 atom stereocenters. The van der Waals surface area contributed by atoms with Crippen LogP contribution in [0.3, 0.4) is 0 Å². The van der Waals surface area contributed by atoms with Gasteiger partial charge < -0.3 is 38.3 Å². The number of hydrogen-bond donors (Lipinski definition) is 7. The molecular weight excluding hydrogens is 392 g/mol. The Hall–Kier alpha value is -2.24. The molecule has 0 fully saturated rings. The second-order valence-corrected chi connectivity index (χ2v) is 7.52. The molecule has 0 saturated heterocycles. The summed E-state index contributed by atoms with van der Waals surface area (Å²) in [6, 6.07) is -2.89. The SMILES string of the molecule is CC(C)C(NC(=O)CN)C(=O)NC(CCCCN)C(=O)NC(CCCCN)C(=O)O. The van der Waals surface area contributed by atoms with Crippen molar-refractivity contribution >= 4 is 23.7 Å². The third kappa shape index (κ3) is 11.1. The van der Waals surface area contributed by atoms with E-state index in [2.05, 4.69) is 16.0 Å². The molecule has 0 aromatic carbocycles. The lowest BCUT2D eigenvalue weighted by molar-refractivity contribution is -0.142. The fourth-order valence-corrected chi connectivity index (χ4v) is 2.81. The minimum absolute atomic E-state index is 0.239. The normalized spacial score (nSPS) is 13.9. The Morgan fingerprint density at radius 1 is 0.767 bits per heavy atom. The van der Waals surface area contributed by atoms with E-state index in [1.165, 1.54) is 0 Å². The molecule has 0 aromatic rings. The van der Waals surface area contributed by atoms with Crippen molar-refractivity contribution in [1.82, 2.24) is 16.0 Å². The standard InChI is InChI=1S/C19H38N6O5/c1-12(2)16(25-15(26)11-22)18(28)23-13(7-3-5-9-20)17(27)24-14(19(29)30)8-4-6-10-21/h12-14,16H,3-11,20-22H2,1-2H3,(H,23,28)(H,24,27)(H,25,26)(H,29,30). The Bertz CT molecular complexity index is 558. The molecule has 0 radical (unpaired) electrons.